The van der Waals surface area contributed by atoms with E-state index >= 15 is 0 Å². The SMILES string of the molecule is COc1ccc([C@@H](C)CNCCc2ccccc2)cc1. The zero-order valence-corrected chi connectivity index (χ0v) is 12.3. The van der Waals surface area contributed by atoms with Crippen LogP contribution in [0.1, 0.15) is 24.0 Å². The van der Waals surface area contributed by atoms with Crippen LogP contribution in [-0.4, -0.2) is 20.2 Å². The second-order valence-electron chi connectivity index (χ2n) is 5.11. The summed E-state index contributed by atoms with van der Waals surface area (Å²) in [6.45, 7) is 4.26. The smallest absolute Gasteiger partial charge is 0.118 e. The van der Waals surface area contributed by atoms with Gasteiger partial charge in [0.05, 0.1) is 7.11 Å². The zero-order chi connectivity index (χ0) is 14.2. The Hall–Kier alpha value is -1.80. The number of benzene rings is 2. The molecule has 0 saturated heterocycles. The van der Waals surface area contributed by atoms with Crippen LogP contribution < -0.4 is 10.1 Å². The fourth-order valence-electron chi connectivity index (χ4n) is 2.25. The molecule has 0 aliphatic carbocycles. The van der Waals surface area contributed by atoms with Gasteiger partial charge in [0.1, 0.15) is 5.75 Å². The molecule has 2 rings (SSSR count). The van der Waals surface area contributed by atoms with Gasteiger partial charge in [0.25, 0.3) is 0 Å². The van der Waals surface area contributed by atoms with Crippen LogP contribution in [0.4, 0.5) is 0 Å². The highest BCUT2D eigenvalue weighted by Crippen LogP contribution is 2.18. The van der Waals surface area contributed by atoms with Crippen molar-refractivity contribution in [3.63, 3.8) is 0 Å². The highest BCUT2D eigenvalue weighted by Gasteiger charge is 2.05. The molecule has 0 aliphatic heterocycles. The quantitative estimate of drug-likeness (QED) is 0.775. The number of methoxy groups -OCH3 is 1. The average Bonchev–Trinajstić information content (AvgIpc) is 2.52. The van der Waals surface area contributed by atoms with E-state index in [1.165, 1.54) is 11.1 Å². The molecule has 0 aromatic heterocycles. The molecular weight excluding hydrogens is 246 g/mol. The van der Waals surface area contributed by atoms with E-state index in [0.29, 0.717) is 5.92 Å². The van der Waals surface area contributed by atoms with Gasteiger partial charge < -0.3 is 10.1 Å². The number of ether oxygens (including phenoxy) is 1. The highest BCUT2D eigenvalue weighted by atomic mass is 16.5. The van der Waals surface area contributed by atoms with Gasteiger partial charge in [-0.2, -0.15) is 0 Å². The molecule has 0 amide bonds. The van der Waals surface area contributed by atoms with E-state index < -0.39 is 0 Å². The van der Waals surface area contributed by atoms with Crippen LogP contribution in [0.5, 0.6) is 5.75 Å². The maximum absolute atomic E-state index is 5.18. The molecule has 106 valence electrons. The molecule has 0 saturated carbocycles. The molecule has 20 heavy (non-hydrogen) atoms. The van der Waals surface area contributed by atoms with Gasteiger partial charge in [-0.25, -0.2) is 0 Å². The fourth-order valence-corrected chi connectivity index (χ4v) is 2.25. The number of hydrogen-bond acceptors (Lipinski definition) is 2. The Labute approximate surface area is 121 Å². The summed E-state index contributed by atoms with van der Waals surface area (Å²) in [6.07, 6.45) is 1.08. The topological polar surface area (TPSA) is 21.3 Å². The molecule has 1 atom stereocenters. The van der Waals surface area contributed by atoms with E-state index in [0.717, 1.165) is 25.3 Å². The fraction of sp³-hybridized carbons (Fsp3) is 0.333. The van der Waals surface area contributed by atoms with Gasteiger partial charge >= 0.3 is 0 Å². The monoisotopic (exact) mass is 269 g/mol. The second-order valence-corrected chi connectivity index (χ2v) is 5.11. The highest BCUT2D eigenvalue weighted by molar-refractivity contribution is 5.29. The standard InChI is InChI=1S/C18H23NO/c1-15(17-8-10-18(20-2)11-9-17)14-19-13-12-16-6-4-3-5-7-16/h3-11,15,19H,12-14H2,1-2H3/t15-/m0/s1. The molecule has 2 aromatic rings. The van der Waals surface area contributed by atoms with Crippen LogP contribution in [0.25, 0.3) is 0 Å². The van der Waals surface area contributed by atoms with Crippen molar-refractivity contribution in [3.05, 3.63) is 65.7 Å². The van der Waals surface area contributed by atoms with Crippen molar-refractivity contribution in [2.75, 3.05) is 20.2 Å². The van der Waals surface area contributed by atoms with E-state index in [-0.39, 0.29) is 0 Å². The van der Waals surface area contributed by atoms with Crippen molar-refractivity contribution in [1.29, 1.82) is 0 Å². The van der Waals surface area contributed by atoms with Crippen LogP contribution >= 0.6 is 0 Å². The summed E-state index contributed by atoms with van der Waals surface area (Å²) in [6, 6.07) is 18.9. The summed E-state index contributed by atoms with van der Waals surface area (Å²) >= 11 is 0. The van der Waals surface area contributed by atoms with Crippen molar-refractivity contribution >= 4 is 0 Å². The lowest BCUT2D eigenvalue weighted by Crippen LogP contribution is -2.22. The predicted octanol–water partition coefficient (Wildman–Crippen LogP) is 3.63. The lowest BCUT2D eigenvalue weighted by Gasteiger charge is -2.13. The Morgan fingerprint density at radius 2 is 1.70 bits per heavy atom. The van der Waals surface area contributed by atoms with Crippen molar-refractivity contribution < 1.29 is 4.74 Å². The minimum absolute atomic E-state index is 0.511. The third-order valence-electron chi connectivity index (χ3n) is 3.57. The van der Waals surface area contributed by atoms with Crippen LogP contribution in [0, 0.1) is 0 Å². The van der Waals surface area contributed by atoms with Crippen molar-refractivity contribution in [3.8, 4) is 5.75 Å². The largest absolute Gasteiger partial charge is 0.497 e. The summed E-state index contributed by atoms with van der Waals surface area (Å²) in [5.74, 6) is 1.43. The first-order chi connectivity index (χ1) is 9.79. The summed E-state index contributed by atoms with van der Waals surface area (Å²) in [5.41, 5.74) is 2.73. The van der Waals surface area contributed by atoms with Crippen molar-refractivity contribution in [1.82, 2.24) is 5.32 Å². The van der Waals surface area contributed by atoms with Crippen LogP contribution in [0.15, 0.2) is 54.6 Å². The molecule has 0 unspecified atom stereocenters. The van der Waals surface area contributed by atoms with E-state index in [4.69, 9.17) is 4.74 Å². The summed E-state index contributed by atoms with van der Waals surface area (Å²) in [4.78, 5) is 0. The first-order valence-corrected chi connectivity index (χ1v) is 7.18. The maximum Gasteiger partial charge on any atom is 0.118 e. The van der Waals surface area contributed by atoms with Gasteiger partial charge in [0.2, 0.25) is 0 Å². The number of rotatable bonds is 7. The molecule has 0 radical (unpaired) electrons. The molecule has 2 nitrogen and oxygen atoms in total. The minimum atomic E-state index is 0.511. The zero-order valence-electron chi connectivity index (χ0n) is 12.3. The van der Waals surface area contributed by atoms with E-state index in [1.807, 2.05) is 12.1 Å². The minimum Gasteiger partial charge on any atom is -0.497 e. The molecule has 1 N–H and O–H groups in total. The number of nitrogens with one attached hydrogen (secondary N) is 1. The van der Waals surface area contributed by atoms with Gasteiger partial charge in [0.15, 0.2) is 0 Å². The van der Waals surface area contributed by atoms with Crippen molar-refractivity contribution in [2.24, 2.45) is 0 Å². The Morgan fingerprint density at radius 3 is 2.35 bits per heavy atom. The van der Waals surface area contributed by atoms with Crippen molar-refractivity contribution in [2.45, 2.75) is 19.3 Å². The Balaban J connectivity index is 1.73. The average molecular weight is 269 g/mol. The van der Waals surface area contributed by atoms with Gasteiger partial charge in [-0.3, -0.25) is 0 Å². The summed E-state index contributed by atoms with van der Waals surface area (Å²) in [5, 5.41) is 3.53. The Morgan fingerprint density at radius 1 is 1.00 bits per heavy atom. The molecule has 0 aliphatic rings. The third-order valence-corrected chi connectivity index (χ3v) is 3.57. The third kappa shape index (κ3) is 4.39. The lowest BCUT2D eigenvalue weighted by atomic mass is 10.0. The summed E-state index contributed by atoms with van der Waals surface area (Å²) in [7, 11) is 1.70. The lowest BCUT2D eigenvalue weighted by molar-refractivity contribution is 0.414. The maximum atomic E-state index is 5.18. The van der Waals surface area contributed by atoms with E-state index in [1.54, 1.807) is 7.11 Å². The molecule has 0 fully saturated rings. The van der Waals surface area contributed by atoms with E-state index in [9.17, 15) is 0 Å². The second kappa shape index (κ2) is 7.71. The molecule has 0 heterocycles. The first kappa shape index (κ1) is 14.6. The Kier molecular flexibility index (Phi) is 5.63. The molecule has 0 bridgehead atoms. The van der Waals surface area contributed by atoms with Gasteiger partial charge in [0, 0.05) is 6.54 Å². The van der Waals surface area contributed by atoms with Gasteiger partial charge in [-0.15, -0.1) is 0 Å². The predicted molar refractivity (Wildman–Crippen MR) is 84.4 cm³/mol. The number of hydrogen-bond donors (Lipinski definition) is 1. The normalized spacial score (nSPS) is 12.1. The van der Waals surface area contributed by atoms with Crippen LogP contribution in [0.3, 0.4) is 0 Å². The van der Waals surface area contributed by atoms with Gasteiger partial charge in [-0.05, 0) is 42.1 Å². The summed E-state index contributed by atoms with van der Waals surface area (Å²) < 4.78 is 5.18. The molecule has 2 heteroatoms. The first-order valence-electron chi connectivity index (χ1n) is 7.18. The van der Waals surface area contributed by atoms with Gasteiger partial charge in [-0.1, -0.05) is 49.4 Å². The van der Waals surface area contributed by atoms with Crippen LogP contribution in [-0.2, 0) is 6.42 Å². The van der Waals surface area contributed by atoms with E-state index in [2.05, 4.69) is 54.7 Å². The Bertz CT molecular complexity index is 493. The molecule has 0 spiro atoms. The molecule has 2 aromatic carbocycles. The van der Waals surface area contributed by atoms with Crippen LogP contribution in [0.2, 0.25) is 0 Å². The molecular formula is C18H23NO.